The Bertz CT molecular complexity index is 1640. The van der Waals surface area contributed by atoms with Gasteiger partial charge in [0.2, 0.25) is 5.79 Å². The van der Waals surface area contributed by atoms with Crippen molar-refractivity contribution in [2.45, 2.75) is 206 Å². The summed E-state index contributed by atoms with van der Waals surface area (Å²) >= 11 is 0. The number of amides is 1. The lowest BCUT2D eigenvalue weighted by molar-refractivity contribution is -0.302. The molecule has 1 amide bonds. The number of methoxy groups -OCH3 is 3. The lowest BCUT2D eigenvalue weighted by atomic mass is 9.81. The third-order valence-electron chi connectivity index (χ3n) is 15.3. The third kappa shape index (κ3) is 12.6. The van der Waals surface area contributed by atoms with E-state index in [0.29, 0.717) is 31.3 Å². The van der Waals surface area contributed by atoms with Crippen LogP contribution in [0.4, 0.5) is 0 Å². The van der Waals surface area contributed by atoms with Gasteiger partial charge >= 0.3 is 5.97 Å². The smallest absolute Gasteiger partial charge is 0.329 e. The summed E-state index contributed by atoms with van der Waals surface area (Å²) in [6, 6.07) is -1.06. The second-order valence-corrected chi connectivity index (χ2v) is 25.7. The van der Waals surface area contributed by atoms with Gasteiger partial charge in [-0.15, -0.1) is 0 Å². The van der Waals surface area contributed by atoms with Crippen molar-refractivity contribution >= 4 is 31.8 Å². The fraction of sp³-hybridized carbons (Fsp3) is 0.837. The molecule has 63 heavy (non-hydrogen) atoms. The molecule has 2 N–H and O–H groups in total. The zero-order valence-corrected chi connectivity index (χ0v) is 42.1. The standard InChI is InChI=1S/C49H83NO12Si/c1-15-35-25-30(3)42(52)31(4)26-40(58-11)44-41(59-12)27-33(6)49(56,61-44)45(53)46(54)50-23-17-16-18-36(50)47(55)60-43(29(2)19-21-37(35)51)32(5)24-34-20-22-38(39(28-34)57-10)62-63(13,14)48(7,8)9/h24-25,29,31,33-36,38-44,52,56H,15-23,26-28H2,1-14H3/b30-25+,32-24?. The average Bonchev–Trinajstić information content (AvgIpc) is 3.24. The number of aliphatic hydroxyl groups is 2. The molecule has 14 heteroatoms. The van der Waals surface area contributed by atoms with Crippen molar-refractivity contribution < 1.29 is 57.5 Å². The highest BCUT2D eigenvalue weighted by atomic mass is 28.4. The number of fused-ring (bicyclic) bond motifs is 3. The summed E-state index contributed by atoms with van der Waals surface area (Å²) in [6.07, 6.45) is 5.52. The minimum Gasteiger partial charge on any atom is -0.456 e. The second kappa shape index (κ2) is 22.5. The van der Waals surface area contributed by atoms with Gasteiger partial charge in [0.15, 0.2) is 8.32 Å². The highest BCUT2D eigenvalue weighted by molar-refractivity contribution is 6.74. The van der Waals surface area contributed by atoms with Crippen LogP contribution in [-0.4, -0.2) is 129 Å². The number of cyclic esters (lactones) is 1. The zero-order chi connectivity index (χ0) is 47.2. The molecule has 3 aliphatic heterocycles. The van der Waals surface area contributed by atoms with Crippen LogP contribution >= 0.6 is 0 Å². The molecule has 2 saturated heterocycles. The van der Waals surface area contributed by atoms with Gasteiger partial charge < -0.3 is 43.2 Å². The summed E-state index contributed by atoms with van der Waals surface area (Å²) in [5.41, 5.74) is 1.50. The third-order valence-corrected chi connectivity index (χ3v) is 19.8. The van der Waals surface area contributed by atoms with Crippen LogP contribution in [0, 0.1) is 29.6 Å². The van der Waals surface area contributed by atoms with E-state index >= 15 is 0 Å². The summed E-state index contributed by atoms with van der Waals surface area (Å²) in [5.74, 6) is -7.11. The Morgan fingerprint density at radius 2 is 1.54 bits per heavy atom. The van der Waals surface area contributed by atoms with Crippen LogP contribution in [0.15, 0.2) is 23.3 Å². The van der Waals surface area contributed by atoms with Crippen LogP contribution in [0.1, 0.15) is 133 Å². The maximum absolute atomic E-state index is 14.5. The molecule has 0 radical (unpaired) electrons. The normalized spacial score (nSPS) is 38.9. The van der Waals surface area contributed by atoms with Crippen LogP contribution in [0.25, 0.3) is 0 Å². The molecule has 3 heterocycles. The molecule has 1 saturated carbocycles. The number of rotatable bonds is 8. The van der Waals surface area contributed by atoms with Crippen molar-refractivity contribution in [2.24, 2.45) is 29.6 Å². The SMILES string of the molecule is CCC1/C=C(\C)C(O)C(C)CC(OC)C2OC(O)(C(=O)C(=O)N3CCCCC3C(=O)OC(C(C)=CC3CCC(O[Si](C)(C)C(C)(C)C)C(OC)C3)C(C)CCC1=O)C(C)CC2OC. The number of piperidine rings is 1. The molecule has 4 aliphatic rings. The summed E-state index contributed by atoms with van der Waals surface area (Å²) in [7, 11) is 2.69. The van der Waals surface area contributed by atoms with Crippen LogP contribution in [0.2, 0.25) is 18.1 Å². The number of carbonyl (C=O) groups excluding carboxylic acids is 4. The first-order chi connectivity index (χ1) is 29.4. The lowest BCUT2D eigenvalue weighted by Gasteiger charge is -2.47. The van der Waals surface area contributed by atoms with Crippen molar-refractivity contribution in [3.63, 3.8) is 0 Å². The van der Waals surface area contributed by atoms with Gasteiger partial charge in [0.1, 0.15) is 24.0 Å². The van der Waals surface area contributed by atoms with Crippen LogP contribution in [-0.2, 0) is 47.3 Å². The molecule has 1 aliphatic carbocycles. The monoisotopic (exact) mass is 906 g/mol. The van der Waals surface area contributed by atoms with E-state index in [-0.39, 0.29) is 73.0 Å². The Hall–Kier alpha value is -2.30. The fourth-order valence-electron chi connectivity index (χ4n) is 9.99. The maximum Gasteiger partial charge on any atom is 0.329 e. The molecule has 14 unspecified atom stereocenters. The Kier molecular flexibility index (Phi) is 19.0. The van der Waals surface area contributed by atoms with Crippen LogP contribution < -0.4 is 0 Å². The first-order valence-corrected chi connectivity index (χ1v) is 26.6. The van der Waals surface area contributed by atoms with Gasteiger partial charge in [-0.1, -0.05) is 60.6 Å². The summed E-state index contributed by atoms with van der Waals surface area (Å²) in [6.45, 7) is 22.6. The Labute approximate surface area is 379 Å². The lowest BCUT2D eigenvalue weighted by Crippen LogP contribution is -2.64. The minimum atomic E-state index is -2.53. The van der Waals surface area contributed by atoms with Crippen molar-refractivity contribution in [1.82, 2.24) is 4.90 Å². The van der Waals surface area contributed by atoms with Crippen molar-refractivity contribution in [3.8, 4) is 0 Å². The minimum absolute atomic E-state index is 0.0161. The Morgan fingerprint density at radius 1 is 0.905 bits per heavy atom. The van der Waals surface area contributed by atoms with Gasteiger partial charge in [-0.25, -0.2) is 4.79 Å². The molecule has 14 atom stereocenters. The van der Waals surface area contributed by atoms with E-state index < -0.39 is 80.2 Å². The summed E-state index contributed by atoms with van der Waals surface area (Å²) in [4.78, 5) is 58.4. The molecule has 0 aromatic heterocycles. The number of nitrogens with zero attached hydrogens (tertiary/aromatic N) is 1. The molecule has 2 bridgehead atoms. The largest absolute Gasteiger partial charge is 0.456 e. The molecule has 360 valence electrons. The first kappa shape index (κ1) is 53.3. The van der Waals surface area contributed by atoms with Gasteiger partial charge in [0, 0.05) is 46.1 Å². The molecular weight excluding hydrogens is 823 g/mol. The Morgan fingerprint density at radius 3 is 2.14 bits per heavy atom. The van der Waals surface area contributed by atoms with Gasteiger partial charge in [-0.05, 0) is 125 Å². The van der Waals surface area contributed by atoms with Gasteiger partial charge in [-0.2, -0.15) is 0 Å². The number of aliphatic hydroxyl groups excluding tert-OH is 1. The highest BCUT2D eigenvalue weighted by Crippen LogP contribution is 2.42. The number of ether oxygens (including phenoxy) is 5. The molecule has 0 spiro atoms. The second-order valence-electron chi connectivity index (χ2n) is 20.9. The number of Topliss-reactive ketones (excluding diaryl/α,β-unsaturated/α-hetero) is 2. The molecule has 4 rings (SSSR count). The highest BCUT2D eigenvalue weighted by Gasteiger charge is 2.57. The molecule has 13 nitrogen and oxygen atoms in total. The average molecular weight is 906 g/mol. The number of ketones is 2. The first-order valence-electron chi connectivity index (χ1n) is 23.7. The van der Waals surface area contributed by atoms with Crippen molar-refractivity contribution in [1.29, 1.82) is 0 Å². The summed E-state index contributed by atoms with van der Waals surface area (Å²) in [5, 5.41) is 23.8. The van der Waals surface area contributed by atoms with E-state index in [1.165, 1.54) is 19.1 Å². The number of esters is 1. The molecule has 3 fully saturated rings. The quantitative estimate of drug-likeness (QED) is 0.107. The fourth-order valence-corrected chi connectivity index (χ4v) is 11.4. The number of hydrogen-bond donors (Lipinski definition) is 2. The molecule has 0 aromatic rings. The zero-order valence-electron chi connectivity index (χ0n) is 41.1. The van der Waals surface area contributed by atoms with Gasteiger partial charge in [0.05, 0.1) is 30.5 Å². The predicted molar refractivity (Wildman–Crippen MR) is 244 cm³/mol. The number of hydrogen-bond acceptors (Lipinski definition) is 12. The van der Waals surface area contributed by atoms with E-state index in [1.807, 2.05) is 40.7 Å². The molecular formula is C49H83NO12Si. The topological polar surface area (TPSA) is 167 Å². The van der Waals surface area contributed by atoms with E-state index in [4.69, 9.17) is 28.1 Å². The van der Waals surface area contributed by atoms with E-state index in [0.717, 1.165) is 24.8 Å². The molecule has 0 aromatic carbocycles. The number of carbonyl (C=O) groups is 4. The van der Waals surface area contributed by atoms with Crippen molar-refractivity contribution in [3.05, 3.63) is 23.3 Å². The Balaban J connectivity index is 1.73. The van der Waals surface area contributed by atoms with Gasteiger partial charge in [-0.3, -0.25) is 14.4 Å². The van der Waals surface area contributed by atoms with Crippen molar-refractivity contribution in [2.75, 3.05) is 27.9 Å². The van der Waals surface area contributed by atoms with E-state index in [2.05, 4.69) is 39.9 Å². The summed E-state index contributed by atoms with van der Waals surface area (Å²) < 4.78 is 37.3. The van der Waals surface area contributed by atoms with E-state index in [9.17, 15) is 29.4 Å². The van der Waals surface area contributed by atoms with Crippen LogP contribution in [0.5, 0.6) is 0 Å². The van der Waals surface area contributed by atoms with E-state index in [1.54, 1.807) is 14.0 Å². The predicted octanol–water partition coefficient (Wildman–Crippen LogP) is 7.50. The van der Waals surface area contributed by atoms with Crippen LogP contribution in [0.3, 0.4) is 0 Å². The number of allylic oxidation sites excluding steroid dienone is 2. The van der Waals surface area contributed by atoms with Gasteiger partial charge in [0.25, 0.3) is 11.7 Å². The maximum atomic E-state index is 14.5.